The second kappa shape index (κ2) is 6.82. The Bertz CT molecular complexity index is 766. The second-order valence-electron chi connectivity index (χ2n) is 5.54. The Kier molecular flexibility index (Phi) is 4.79. The van der Waals surface area contributed by atoms with Crippen molar-refractivity contribution in [2.24, 2.45) is 0 Å². The number of imidazole rings is 1. The Morgan fingerprint density at radius 1 is 1.39 bits per heavy atom. The van der Waals surface area contributed by atoms with Crippen molar-refractivity contribution in [2.75, 3.05) is 6.54 Å². The molecule has 0 unspecified atom stereocenters. The minimum absolute atomic E-state index is 0. The van der Waals surface area contributed by atoms with Crippen LogP contribution in [0.25, 0.3) is 11.5 Å². The lowest BCUT2D eigenvalue weighted by Gasteiger charge is -2.03. The molecule has 0 saturated heterocycles. The number of rotatable bonds is 3. The molecular formula is C15H19ClN6S. The van der Waals surface area contributed by atoms with Gasteiger partial charge in [-0.25, -0.2) is 9.97 Å². The van der Waals surface area contributed by atoms with Gasteiger partial charge >= 0.3 is 0 Å². The van der Waals surface area contributed by atoms with Crippen molar-refractivity contribution in [2.45, 2.75) is 33.0 Å². The van der Waals surface area contributed by atoms with Crippen molar-refractivity contribution < 1.29 is 0 Å². The van der Waals surface area contributed by atoms with Crippen LogP contribution >= 0.6 is 23.7 Å². The molecule has 0 radical (unpaired) electrons. The highest BCUT2D eigenvalue weighted by Crippen LogP contribution is 2.21. The molecule has 1 aliphatic heterocycles. The molecule has 8 heteroatoms. The van der Waals surface area contributed by atoms with Gasteiger partial charge in [0, 0.05) is 36.6 Å². The topological polar surface area (TPSA) is 60.6 Å². The van der Waals surface area contributed by atoms with E-state index >= 15 is 0 Å². The highest BCUT2D eigenvalue weighted by atomic mass is 35.5. The van der Waals surface area contributed by atoms with Crippen molar-refractivity contribution in [3.05, 3.63) is 40.2 Å². The summed E-state index contributed by atoms with van der Waals surface area (Å²) in [6.45, 7) is 5.66. The number of thiazole rings is 1. The van der Waals surface area contributed by atoms with Crippen molar-refractivity contribution >= 4 is 23.7 Å². The smallest absolute Gasteiger partial charge is 0.160 e. The van der Waals surface area contributed by atoms with Gasteiger partial charge in [0.1, 0.15) is 10.7 Å². The molecule has 122 valence electrons. The lowest BCUT2D eigenvalue weighted by Crippen LogP contribution is -2.11. The van der Waals surface area contributed by atoms with Crippen molar-refractivity contribution in [3.63, 3.8) is 0 Å². The summed E-state index contributed by atoms with van der Waals surface area (Å²) >= 11 is 1.69. The molecular weight excluding hydrogens is 332 g/mol. The molecule has 0 atom stereocenters. The Morgan fingerprint density at radius 2 is 2.30 bits per heavy atom. The van der Waals surface area contributed by atoms with Gasteiger partial charge in [-0.2, -0.15) is 5.10 Å². The molecule has 3 aromatic rings. The maximum Gasteiger partial charge on any atom is 0.160 e. The van der Waals surface area contributed by atoms with E-state index in [0.29, 0.717) is 0 Å². The number of nitrogens with zero attached hydrogens (tertiary/aromatic N) is 5. The Hall–Kier alpha value is -1.70. The summed E-state index contributed by atoms with van der Waals surface area (Å²) in [4.78, 5) is 9.03. The third-order valence-electron chi connectivity index (χ3n) is 3.81. The lowest BCUT2D eigenvalue weighted by molar-refractivity contribution is 0.588. The number of hydrogen-bond donors (Lipinski definition) is 1. The van der Waals surface area contributed by atoms with E-state index < -0.39 is 0 Å². The number of halogens is 1. The zero-order valence-corrected chi connectivity index (χ0v) is 14.5. The van der Waals surface area contributed by atoms with Gasteiger partial charge in [0.2, 0.25) is 0 Å². The molecule has 0 amide bonds. The maximum absolute atomic E-state index is 4.74. The minimum Gasteiger partial charge on any atom is -0.323 e. The van der Waals surface area contributed by atoms with E-state index in [-0.39, 0.29) is 12.4 Å². The van der Waals surface area contributed by atoms with Gasteiger partial charge in [-0.3, -0.25) is 4.68 Å². The fraction of sp³-hybridized carbons (Fsp3) is 0.400. The number of nitrogens with one attached hydrogen (secondary N) is 1. The predicted molar refractivity (Wildman–Crippen MR) is 93.0 cm³/mol. The highest BCUT2D eigenvalue weighted by Gasteiger charge is 2.15. The average molecular weight is 351 g/mol. The standard InChI is InChI=1S/C15H18N6S.ClH/c1-11-10-22-14(18-11)9-20-6-4-17-15(20)13-7-12-8-16-3-2-5-21(12)19-13;/h4,6-7,10,16H,2-3,5,8-9H2,1H3;1H. The predicted octanol–water partition coefficient (Wildman–Crippen LogP) is 2.47. The Balaban J connectivity index is 0.00000156. The second-order valence-corrected chi connectivity index (χ2v) is 6.48. The average Bonchev–Trinajstić information content (AvgIpc) is 3.18. The summed E-state index contributed by atoms with van der Waals surface area (Å²) < 4.78 is 4.22. The molecule has 0 aliphatic carbocycles. The summed E-state index contributed by atoms with van der Waals surface area (Å²) in [5.41, 5.74) is 3.24. The van der Waals surface area contributed by atoms with Crippen LogP contribution in [0.3, 0.4) is 0 Å². The first-order valence-electron chi connectivity index (χ1n) is 7.49. The van der Waals surface area contributed by atoms with Crippen LogP contribution in [0.5, 0.6) is 0 Å². The zero-order chi connectivity index (χ0) is 14.9. The normalized spacial score (nSPS) is 14.1. The Labute approximate surface area is 145 Å². The van der Waals surface area contributed by atoms with E-state index in [1.165, 1.54) is 5.69 Å². The van der Waals surface area contributed by atoms with Gasteiger partial charge in [-0.05, 0) is 26.0 Å². The summed E-state index contributed by atoms with van der Waals surface area (Å²) in [7, 11) is 0. The number of hydrogen-bond acceptors (Lipinski definition) is 5. The van der Waals surface area contributed by atoms with Crippen LogP contribution in [0.1, 0.15) is 22.8 Å². The van der Waals surface area contributed by atoms with E-state index in [1.807, 2.05) is 19.3 Å². The maximum atomic E-state index is 4.74. The number of aryl methyl sites for hydroxylation is 2. The fourth-order valence-corrected chi connectivity index (χ4v) is 3.53. The molecule has 0 aromatic carbocycles. The molecule has 0 saturated carbocycles. The number of fused-ring (bicyclic) bond motifs is 1. The van der Waals surface area contributed by atoms with E-state index in [4.69, 9.17) is 5.10 Å². The quantitative estimate of drug-likeness (QED) is 0.788. The van der Waals surface area contributed by atoms with Gasteiger partial charge in [0.15, 0.2) is 5.82 Å². The summed E-state index contributed by atoms with van der Waals surface area (Å²) in [5, 5.41) is 11.3. The molecule has 1 N–H and O–H groups in total. The molecule has 0 fully saturated rings. The lowest BCUT2D eigenvalue weighted by atomic mass is 10.3. The molecule has 23 heavy (non-hydrogen) atoms. The Morgan fingerprint density at radius 3 is 3.13 bits per heavy atom. The van der Waals surface area contributed by atoms with Crippen LogP contribution < -0.4 is 5.32 Å². The summed E-state index contributed by atoms with van der Waals surface area (Å²) in [6.07, 6.45) is 4.94. The van der Waals surface area contributed by atoms with Crippen LogP contribution in [-0.2, 0) is 19.6 Å². The fourth-order valence-electron chi connectivity index (χ4n) is 2.76. The van der Waals surface area contributed by atoms with Crippen molar-refractivity contribution in [1.82, 2.24) is 29.6 Å². The van der Waals surface area contributed by atoms with Crippen LogP contribution in [0.15, 0.2) is 23.8 Å². The third kappa shape index (κ3) is 3.31. The van der Waals surface area contributed by atoms with Gasteiger partial charge in [-0.15, -0.1) is 23.7 Å². The van der Waals surface area contributed by atoms with Crippen LogP contribution in [0.2, 0.25) is 0 Å². The zero-order valence-electron chi connectivity index (χ0n) is 12.9. The van der Waals surface area contributed by atoms with Crippen LogP contribution in [0.4, 0.5) is 0 Å². The molecule has 1 aliphatic rings. The van der Waals surface area contributed by atoms with E-state index in [2.05, 4.69) is 36.0 Å². The van der Waals surface area contributed by atoms with Crippen LogP contribution in [-0.4, -0.2) is 30.9 Å². The van der Waals surface area contributed by atoms with Crippen molar-refractivity contribution in [3.8, 4) is 11.5 Å². The van der Waals surface area contributed by atoms with E-state index in [1.54, 1.807) is 11.3 Å². The van der Waals surface area contributed by atoms with E-state index in [9.17, 15) is 0 Å². The van der Waals surface area contributed by atoms with Gasteiger partial charge in [-0.1, -0.05) is 0 Å². The molecule has 3 aromatic heterocycles. The summed E-state index contributed by atoms with van der Waals surface area (Å²) in [6, 6.07) is 2.14. The molecule has 0 spiro atoms. The number of aromatic nitrogens is 5. The first-order chi connectivity index (χ1) is 10.8. The first kappa shape index (κ1) is 16.2. The third-order valence-corrected chi connectivity index (χ3v) is 4.76. The summed E-state index contributed by atoms with van der Waals surface area (Å²) in [5.74, 6) is 0.911. The monoisotopic (exact) mass is 350 g/mol. The first-order valence-corrected chi connectivity index (χ1v) is 8.37. The van der Waals surface area contributed by atoms with Gasteiger partial charge in [0.05, 0.1) is 12.2 Å². The van der Waals surface area contributed by atoms with Gasteiger partial charge < -0.3 is 9.88 Å². The molecule has 0 bridgehead atoms. The minimum atomic E-state index is 0. The van der Waals surface area contributed by atoms with E-state index in [0.717, 1.165) is 54.8 Å². The SMILES string of the molecule is Cc1csc(Cn2ccnc2-c2cc3n(n2)CCCNC3)n1.Cl. The molecule has 4 rings (SSSR count). The molecule has 6 nitrogen and oxygen atoms in total. The van der Waals surface area contributed by atoms with Crippen molar-refractivity contribution in [1.29, 1.82) is 0 Å². The molecule has 4 heterocycles. The van der Waals surface area contributed by atoms with Gasteiger partial charge in [0.25, 0.3) is 0 Å². The van der Waals surface area contributed by atoms with Crippen LogP contribution in [0, 0.1) is 6.92 Å². The largest absolute Gasteiger partial charge is 0.323 e. The highest BCUT2D eigenvalue weighted by molar-refractivity contribution is 7.09.